The Balaban J connectivity index is 2.00. The van der Waals surface area contributed by atoms with Gasteiger partial charge in [0.05, 0.1) is 85.5 Å². The summed E-state index contributed by atoms with van der Waals surface area (Å²) >= 11 is 0. The molecule has 0 aliphatic carbocycles. The SMILES string of the molecule is C[C@@H]1OC(=O)CC(O)CC(O)CCC(O)C(O)CC(O)CC2(O)C[C@H](O)C(C(=O)NCCN)C(CC(O[C@@H]3O[C@H](C)C(O)[C@H](N(CCCN)CCCN)C3O)/C=C/C=C/C=C/C=C/C=C/C=C/C=C/[C@H](C)C(O)[C@H]1C)O2. The fourth-order valence-corrected chi connectivity index (χ4v) is 9.68. The highest BCUT2D eigenvalue weighted by Gasteiger charge is 2.51. The lowest BCUT2D eigenvalue weighted by Crippen LogP contribution is -2.64. The van der Waals surface area contributed by atoms with Crippen LogP contribution in [0.15, 0.2) is 85.1 Å². The van der Waals surface area contributed by atoms with Crippen LogP contribution in [0.2, 0.25) is 0 Å². The maximum Gasteiger partial charge on any atom is 0.308 e. The minimum Gasteiger partial charge on any atom is -0.462 e. The standard InChI is InChI=1S/C55H93N5O16/c1-35-19-15-13-11-9-7-5-6-8-10-12-14-16-20-42(75-54-52(70)49(51(69)38(4)74-54)60(27-17-23-56)28-18-24-57)32-46-48(53(71)59-26-25-58)45(66)34-55(72,76-46)33-41(63)30-44(65)43(64)22-21-39(61)29-40(62)31-47(67)73-37(3)36(2)50(35)68/h5-16,19-20,35-46,48-52,54,61-66,68-70,72H,17-18,21-34,56-58H2,1-4H3,(H,59,71)/b6-5+,9-7+,10-8+,13-11+,14-12+,19-15+,20-16+/t35-,36-,37-,38+,39?,40?,41?,42?,43?,44?,45-,46?,48?,49-,50?,51?,52?,54-,55?/m0/s1. The number of fused-ring (bicyclic) bond motifs is 2. The van der Waals surface area contributed by atoms with Crippen LogP contribution in [0.4, 0.5) is 0 Å². The van der Waals surface area contributed by atoms with E-state index >= 15 is 0 Å². The summed E-state index contributed by atoms with van der Waals surface area (Å²) in [5.74, 6) is -5.70. The number of nitrogens with two attached hydrogens (primary N) is 3. The topological polar surface area (TPSA) is 367 Å². The van der Waals surface area contributed by atoms with Crippen molar-refractivity contribution in [3.05, 3.63) is 85.1 Å². The van der Waals surface area contributed by atoms with Crippen molar-refractivity contribution in [3.63, 3.8) is 0 Å². The molecule has 3 aliphatic heterocycles. The van der Waals surface area contributed by atoms with Crippen molar-refractivity contribution in [3.8, 4) is 0 Å². The largest absolute Gasteiger partial charge is 0.462 e. The van der Waals surface area contributed by atoms with E-state index < -0.39 is 147 Å². The first-order chi connectivity index (χ1) is 36.1. The van der Waals surface area contributed by atoms with E-state index in [1.807, 2.05) is 54.4 Å². The third kappa shape index (κ3) is 23.0. The average Bonchev–Trinajstić information content (AvgIpc) is 3.35. The molecule has 21 nitrogen and oxygen atoms in total. The minimum atomic E-state index is -2.29. The van der Waals surface area contributed by atoms with Crippen molar-refractivity contribution in [1.29, 1.82) is 0 Å². The molecule has 3 aliphatic rings. The third-order valence-corrected chi connectivity index (χ3v) is 14.1. The number of hydrogen-bond acceptors (Lipinski definition) is 20. The van der Waals surface area contributed by atoms with Gasteiger partial charge in [-0.25, -0.2) is 0 Å². The van der Waals surface area contributed by atoms with E-state index in [0.29, 0.717) is 39.0 Å². The van der Waals surface area contributed by atoms with Gasteiger partial charge in [0, 0.05) is 50.6 Å². The summed E-state index contributed by atoms with van der Waals surface area (Å²) in [6, 6.07) is -0.851. The number of carbonyl (C=O) groups is 2. The van der Waals surface area contributed by atoms with Gasteiger partial charge >= 0.3 is 5.97 Å². The molecule has 0 radical (unpaired) electrons. The van der Waals surface area contributed by atoms with Crippen LogP contribution in [0.5, 0.6) is 0 Å². The second-order valence-electron chi connectivity index (χ2n) is 20.5. The Hall–Kier alpha value is -3.56. The molecule has 19 atom stereocenters. The van der Waals surface area contributed by atoms with Gasteiger partial charge in [0.2, 0.25) is 5.91 Å². The molecule has 2 saturated heterocycles. The molecule has 0 spiro atoms. The number of esters is 1. The third-order valence-electron chi connectivity index (χ3n) is 14.1. The molecule has 3 heterocycles. The second-order valence-corrected chi connectivity index (χ2v) is 20.5. The summed E-state index contributed by atoms with van der Waals surface area (Å²) in [5, 5.41) is 115. The Bertz CT molecular complexity index is 1880. The van der Waals surface area contributed by atoms with Gasteiger partial charge in [-0.2, -0.15) is 0 Å². The Morgan fingerprint density at radius 2 is 1.25 bits per heavy atom. The van der Waals surface area contributed by atoms with Crippen LogP contribution < -0.4 is 22.5 Å². The van der Waals surface area contributed by atoms with Crippen molar-refractivity contribution < 1.29 is 79.6 Å². The number of aliphatic hydroxyl groups is 10. The van der Waals surface area contributed by atoms with Gasteiger partial charge in [-0.15, -0.1) is 0 Å². The lowest BCUT2D eigenvalue weighted by Gasteiger charge is -2.48. The molecule has 434 valence electrons. The van der Waals surface area contributed by atoms with Crippen LogP contribution in [0.25, 0.3) is 0 Å². The number of cyclic esters (lactones) is 1. The van der Waals surface area contributed by atoms with Crippen LogP contribution in [0, 0.1) is 17.8 Å². The van der Waals surface area contributed by atoms with Gasteiger partial charge in [-0.3, -0.25) is 14.5 Å². The van der Waals surface area contributed by atoms with E-state index in [9.17, 15) is 60.7 Å². The molecule has 0 aromatic carbocycles. The lowest BCUT2D eigenvalue weighted by atomic mass is 9.82. The van der Waals surface area contributed by atoms with Gasteiger partial charge in [-0.1, -0.05) is 98.9 Å². The van der Waals surface area contributed by atoms with E-state index in [4.69, 9.17) is 36.1 Å². The fourth-order valence-electron chi connectivity index (χ4n) is 9.68. The highest BCUT2D eigenvalue weighted by molar-refractivity contribution is 5.80. The summed E-state index contributed by atoms with van der Waals surface area (Å²) in [5.41, 5.74) is 17.4. The highest BCUT2D eigenvalue weighted by Crippen LogP contribution is 2.38. The Morgan fingerprint density at radius 3 is 1.83 bits per heavy atom. The molecule has 21 heteroatoms. The first kappa shape index (κ1) is 66.7. The van der Waals surface area contributed by atoms with Gasteiger partial charge in [0.25, 0.3) is 0 Å². The number of amides is 1. The lowest BCUT2D eigenvalue weighted by molar-refractivity contribution is -0.311. The van der Waals surface area contributed by atoms with Crippen molar-refractivity contribution in [2.45, 2.75) is 189 Å². The molecule has 76 heavy (non-hydrogen) atoms. The predicted octanol–water partition coefficient (Wildman–Crippen LogP) is -0.257. The molecule has 2 fully saturated rings. The summed E-state index contributed by atoms with van der Waals surface area (Å²) in [6.45, 7) is 8.66. The first-order valence-electron chi connectivity index (χ1n) is 27.0. The Labute approximate surface area is 449 Å². The zero-order valence-corrected chi connectivity index (χ0v) is 44.9. The fraction of sp³-hybridized carbons (Fsp3) is 0.709. The molecular formula is C55H93N5O16. The van der Waals surface area contributed by atoms with E-state index in [1.165, 1.54) is 0 Å². The number of carbonyl (C=O) groups excluding carboxylic acids is 2. The van der Waals surface area contributed by atoms with Crippen LogP contribution in [-0.2, 0) is 28.5 Å². The number of aliphatic hydroxyl groups excluding tert-OH is 9. The molecule has 12 unspecified atom stereocenters. The number of nitrogens with zero attached hydrogens (tertiary/aromatic N) is 1. The molecule has 0 aromatic heterocycles. The average molecular weight is 1080 g/mol. The molecule has 0 saturated carbocycles. The van der Waals surface area contributed by atoms with Crippen LogP contribution in [0.1, 0.15) is 91.9 Å². The zero-order chi connectivity index (χ0) is 56.4. The maximum atomic E-state index is 13.7. The number of ether oxygens (including phenoxy) is 4. The van der Waals surface area contributed by atoms with Gasteiger partial charge in [0.1, 0.15) is 12.2 Å². The van der Waals surface area contributed by atoms with E-state index in [2.05, 4.69) is 5.32 Å². The predicted molar refractivity (Wildman–Crippen MR) is 286 cm³/mol. The molecular weight excluding hydrogens is 987 g/mol. The smallest absolute Gasteiger partial charge is 0.308 e. The van der Waals surface area contributed by atoms with Gasteiger partial charge in [0.15, 0.2) is 12.1 Å². The summed E-state index contributed by atoms with van der Waals surface area (Å²) < 4.78 is 24.4. The molecule has 0 aromatic rings. The van der Waals surface area contributed by atoms with Crippen molar-refractivity contribution in [1.82, 2.24) is 10.2 Å². The van der Waals surface area contributed by atoms with E-state index in [0.717, 1.165) is 0 Å². The minimum absolute atomic E-state index is 0.0571. The highest BCUT2D eigenvalue weighted by atomic mass is 16.7. The monoisotopic (exact) mass is 1080 g/mol. The molecule has 1 amide bonds. The Kier molecular flexibility index (Phi) is 30.8. The Morgan fingerprint density at radius 1 is 0.671 bits per heavy atom. The normalized spacial score (nSPS) is 40.7. The molecule has 17 N–H and O–H groups in total. The number of rotatable bonds is 12. The summed E-state index contributed by atoms with van der Waals surface area (Å²) in [4.78, 5) is 28.4. The van der Waals surface area contributed by atoms with E-state index in [1.54, 1.807) is 63.3 Å². The molecule has 3 rings (SSSR count). The zero-order valence-electron chi connectivity index (χ0n) is 44.9. The van der Waals surface area contributed by atoms with Crippen LogP contribution in [0.3, 0.4) is 0 Å². The quantitative estimate of drug-likeness (QED) is 0.112. The van der Waals surface area contributed by atoms with Gasteiger partial charge < -0.3 is 92.5 Å². The first-order valence-corrected chi connectivity index (χ1v) is 27.0. The number of hydrogen-bond donors (Lipinski definition) is 14. The van der Waals surface area contributed by atoms with Crippen molar-refractivity contribution in [2.24, 2.45) is 35.0 Å². The van der Waals surface area contributed by atoms with Crippen molar-refractivity contribution in [2.75, 3.05) is 39.3 Å². The van der Waals surface area contributed by atoms with Crippen LogP contribution in [-0.4, -0.2) is 205 Å². The van der Waals surface area contributed by atoms with Crippen LogP contribution >= 0.6 is 0 Å². The number of nitrogens with one attached hydrogen (secondary N) is 1. The van der Waals surface area contributed by atoms with Crippen molar-refractivity contribution >= 4 is 11.9 Å². The molecule has 2 bridgehead atoms. The number of allylic oxidation sites excluding steroid dienone is 12. The van der Waals surface area contributed by atoms with Gasteiger partial charge in [-0.05, 0) is 72.1 Å². The second kappa shape index (κ2) is 35.1. The maximum absolute atomic E-state index is 13.7. The van der Waals surface area contributed by atoms with E-state index in [-0.39, 0.29) is 44.7 Å². The summed E-state index contributed by atoms with van der Waals surface area (Å²) in [6.07, 6.45) is 6.01. The summed E-state index contributed by atoms with van der Waals surface area (Å²) in [7, 11) is 0.